The van der Waals surface area contributed by atoms with E-state index in [4.69, 9.17) is 16.3 Å². The number of benzene rings is 2. The Morgan fingerprint density at radius 2 is 1.85 bits per heavy atom. The van der Waals surface area contributed by atoms with Crippen molar-refractivity contribution in [3.8, 4) is 5.75 Å². The highest BCUT2D eigenvalue weighted by molar-refractivity contribution is 6.30. The molecule has 1 atom stereocenters. The number of hydrogen-bond acceptors (Lipinski definition) is 3. The van der Waals surface area contributed by atoms with Crippen LogP contribution in [0.25, 0.3) is 0 Å². The minimum absolute atomic E-state index is 0.0605. The van der Waals surface area contributed by atoms with Gasteiger partial charge in [-0.3, -0.25) is 9.59 Å². The molecular weight excluding hydrogens is 352 g/mol. The molecule has 1 N–H and O–H groups in total. The quantitative estimate of drug-likeness (QED) is 0.840. The van der Waals surface area contributed by atoms with Crippen molar-refractivity contribution in [1.82, 2.24) is 4.90 Å². The maximum Gasteiger partial charge on any atom is 0.247 e. The van der Waals surface area contributed by atoms with Crippen LogP contribution in [0.3, 0.4) is 0 Å². The number of carbonyl (C=O) groups is 2. The van der Waals surface area contributed by atoms with Crippen LogP contribution in [-0.2, 0) is 9.59 Å². The largest absolute Gasteiger partial charge is 0.493 e. The summed E-state index contributed by atoms with van der Waals surface area (Å²) in [7, 11) is 0. The molecule has 0 bridgehead atoms. The molecule has 5 nitrogen and oxygen atoms in total. The van der Waals surface area contributed by atoms with Crippen LogP contribution >= 0.6 is 11.6 Å². The molecule has 3 rings (SSSR count). The molecule has 2 amide bonds. The second kappa shape index (κ2) is 8.72. The summed E-state index contributed by atoms with van der Waals surface area (Å²) in [5, 5.41) is 3.47. The fourth-order valence-corrected chi connectivity index (χ4v) is 3.14. The van der Waals surface area contributed by atoms with E-state index in [0.29, 0.717) is 30.3 Å². The number of nitrogens with one attached hydrogen (secondary N) is 1. The molecule has 1 heterocycles. The molecule has 136 valence electrons. The van der Waals surface area contributed by atoms with E-state index in [1.807, 2.05) is 30.3 Å². The van der Waals surface area contributed by atoms with Crippen molar-refractivity contribution in [2.24, 2.45) is 0 Å². The lowest BCUT2D eigenvalue weighted by Crippen LogP contribution is -2.43. The van der Waals surface area contributed by atoms with Crippen LogP contribution in [0, 0.1) is 0 Å². The monoisotopic (exact) mass is 372 g/mol. The molecule has 0 radical (unpaired) electrons. The van der Waals surface area contributed by atoms with Gasteiger partial charge in [-0.2, -0.15) is 0 Å². The number of likely N-dealkylation sites (tertiary alicyclic amines) is 1. The Hall–Kier alpha value is -2.53. The first kappa shape index (κ1) is 18.3. The Morgan fingerprint density at radius 1 is 1.12 bits per heavy atom. The van der Waals surface area contributed by atoms with Gasteiger partial charge in [0, 0.05) is 17.3 Å². The third-order valence-corrected chi connectivity index (χ3v) is 4.57. The van der Waals surface area contributed by atoms with Crippen molar-refractivity contribution in [2.45, 2.75) is 25.3 Å². The van der Waals surface area contributed by atoms with E-state index in [1.54, 1.807) is 29.2 Å². The van der Waals surface area contributed by atoms with E-state index in [1.165, 1.54) is 0 Å². The van der Waals surface area contributed by atoms with Crippen LogP contribution in [-0.4, -0.2) is 35.9 Å². The third-order valence-electron chi connectivity index (χ3n) is 4.32. The van der Waals surface area contributed by atoms with E-state index in [9.17, 15) is 9.59 Å². The summed E-state index contributed by atoms with van der Waals surface area (Å²) in [4.78, 5) is 26.7. The zero-order valence-corrected chi connectivity index (χ0v) is 15.1. The maximum absolute atomic E-state index is 12.5. The highest BCUT2D eigenvalue weighted by atomic mass is 35.5. The van der Waals surface area contributed by atoms with E-state index in [2.05, 4.69) is 5.32 Å². The van der Waals surface area contributed by atoms with Gasteiger partial charge in [-0.15, -0.1) is 0 Å². The summed E-state index contributed by atoms with van der Waals surface area (Å²) in [6.07, 6.45) is 1.74. The van der Waals surface area contributed by atoms with Gasteiger partial charge in [0.05, 0.1) is 13.0 Å². The summed E-state index contributed by atoms with van der Waals surface area (Å²) in [5.41, 5.74) is 0.672. The minimum Gasteiger partial charge on any atom is -0.493 e. The van der Waals surface area contributed by atoms with Crippen LogP contribution in [0.15, 0.2) is 54.6 Å². The van der Waals surface area contributed by atoms with Gasteiger partial charge in [0.2, 0.25) is 11.8 Å². The maximum atomic E-state index is 12.5. The predicted octanol–water partition coefficient (Wildman–Crippen LogP) is 3.74. The molecule has 0 aromatic heterocycles. The van der Waals surface area contributed by atoms with E-state index >= 15 is 0 Å². The van der Waals surface area contributed by atoms with Gasteiger partial charge >= 0.3 is 0 Å². The van der Waals surface area contributed by atoms with E-state index in [0.717, 1.165) is 12.2 Å². The van der Waals surface area contributed by atoms with Crippen molar-refractivity contribution in [3.05, 3.63) is 59.6 Å². The first-order valence-corrected chi connectivity index (χ1v) is 9.05. The average molecular weight is 373 g/mol. The van der Waals surface area contributed by atoms with Crippen LogP contribution in [0.5, 0.6) is 5.75 Å². The van der Waals surface area contributed by atoms with Crippen molar-refractivity contribution in [2.75, 3.05) is 18.5 Å². The fraction of sp³-hybridized carbons (Fsp3) is 0.300. The summed E-state index contributed by atoms with van der Waals surface area (Å²) < 4.78 is 5.58. The number of nitrogens with zero attached hydrogens (tertiary/aromatic N) is 1. The first-order chi connectivity index (χ1) is 12.6. The second-order valence-electron chi connectivity index (χ2n) is 6.15. The van der Waals surface area contributed by atoms with Gasteiger partial charge < -0.3 is 15.0 Å². The fourth-order valence-electron chi connectivity index (χ4n) is 3.01. The Balaban J connectivity index is 1.52. The van der Waals surface area contributed by atoms with E-state index < -0.39 is 6.04 Å². The van der Waals surface area contributed by atoms with Crippen molar-refractivity contribution < 1.29 is 14.3 Å². The molecule has 0 unspecified atom stereocenters. The molecule has 0 spiro atoms. The topological polar surface area (TPSA) is 58.6 Å². The summed E-state index contributed by atoms with van der Waals surface area (Å²) in [6, 6.07) is 15.9. The van der Waals surface area contributed by atoms with Gasteiger partial charge in [0.25, 0.3) is 0 Å². The number of hydrogen-bond donors (Lipinski definition) is 1. The lowest BCUT2D eigenvalue weighted by atomic mass is 10.2. The zero-order valence-electron chi connectivity index (χ0n) is 14.4. The minimum atomic E-state index is -0.435. The van der Waals surface area contributed by atoms with Gasteiger partial charge in [0.15, 0.2) is 0 Å². The molecule has 1 saturated heterocycles. The average Bonchev–Trinajstić information content (AvgIpc) is 3.14. The third kappa shape index (κ3) is 4.76. The Bertz CT molecular complexity index is 749. The number of rotatable bonds is 6. The molecule has 26 heavy (non-hydrogen) atoms. The SMILES string of the molecule is O=C(Nc1ccc(Cl)cc1)[C@@H]1CCCN1C(=O)CCOc1ccccc1. The molecule has 1 aliphatic rings. The molecule has 1 fully saturated rings. The van der Waals surface area contributed by atoms with Crippen LogP contribution in [0.2, 0.25) is 5.02 Å². The Kier molecular flexibility index (Phi) is 6.12. The predicted molar refractivity (Wildman–Crippen MR) is 101 cm³/mol. The van der Waals surface area contributed by atoms with Crippen LogP contribution < -0.4 is 10.1 Å². The molecular formula is C20H21ClN2O3. The number of anilines is 1. The number of para-hydroxylation sites is 1. The van der Waals surface area contributed by atoms with Gasteiger partial charge in [-0.25, -0.2) is 0 Å². The summed E-state index contributed by atoms with van der Waals surface area (Å²) >= 11 is 5.86. The van der Waals surface area contributed by atoms with Crippen molar-refractivity contribution in [1.29, 1.82) is 0 Å². The van der Waals surface area contributed by atoms with Crippen molar-refractivity contribution >= 4 is 29.1 Å². The Morgan fingerprint density at radius 3 is 2.58 bits per heavy atom. The first-order valence-electron chi connectivity index (χ1n) is 8.67. The second-order valence-corrected chi connectivity index (χ2v) is 6.59. The number of carbonyl (C=O) groups excluding carboxylic acids is 2. The number of ether oxygens (including phenoxy) is 1. The number of halogens is 1. The van der Waals surface area contributed by atoms with E-state index in [-0.39, 0.29) is 18.2 Å². The summed E-state index contributed by atoms with van der Waals surface area (Å²) in [6.45, 7) is 0.897. The number of amides is 2. The van der Waals surface area contributed by atoms with Gasteiger partial charge in [-0.05, 0) is 49.2 Å². The lowest BCUT2D eigenvalue weighted by molar-refractivity contribution is -0.137. The van der Waals surface area contributed by atoms with Crippen molar-refractivity contribution in [3.63, 3.8) is 0 Å². The smallest absolute Gasteiger partial charge is 0.247 e. The highest BCUT2D eigenvalue weighted by Gasteiger charge is 2.33. The zero-order chi connectivity index (χ0) is 18.4. The summed E-state index contributed by atoms with van der Waals surface area (Å²) in [5.74, 6) is 0.510. The normalized spacial score (nSPS) is 16.3. The van der Waals surface area contributed by atoms with Crippen LogP contribution in [0.1, 0.15) is 19.3 Å². The molecule has 6 heteroatoms. The molecule has 0 saturated carbocycles. The highest BCUT2D eigenvalue weighted by Crippen LogP contribution is 2.21. The van der Waals surface area contributed by atoms with Gasteiger partial charge in [0.1, 0.15) is 11.8 Å². The van der Waals surface area contributed by atoms with Gasteiger partial charge in [-0.1, -0.05) is 29.8 Å². The Labute approximate surface area is 157 Å². The molecule has 2 aromatic carbocycles. The lowest BCUT2D eigenvalue weighted by Gasteiger charge is -2.24. The van der Waals surface area contributed by atoms with Crippen LogP contribution in [0.4, 0.5) is 5.69 Å². The molecule has 1 aliphatic heterocycles. The molecule has 0 aliphatic carbocycles. The standard InChI is InChI=1S/C20H21ClN2O3/c21-15-8-10-16(11-9-15)22-20(25)18-7-4-13-23(18)19(24)12-14-26-17-5-2-1-3-6-17/h1-3,5-6,8-11,18H,4,7,12-14H2,(H,22,25)/t18-/m0/s1. The molecule has 2 aromatic rings.